The summed E-state index contributed by atoms with van der Waals surface area (Å²) in [6.07, 6.45) is -0.0169. The van der Waals surface area contributed by atoms with E-state index in [2.05, 4.69) is 20.7 Å². The van der Waals surface area contributed by atoms with Gasteiger partial charge in [-0.2, -0.15) is 5.10 Å². The number of hydrogen-bond acceptors (Lipinski definition) is 3. The van der Waals surface area contributed by atoms with Gasteiger partial charge in [0, 0.05) is 16.8 Å². The molecule has 3 aromatic rings. The predicted octanol–water partition coefficient (Wildman–Crippen LogP) is 2.25. The average Bonchev–Trinajstić information content (AvgIpc) is 2.91. The second-order valence-corrected chi connectivity index (χ2v) is 5.62. The van der Waals surface area contributed by atoms with Crippen LogP contribution in [0.15, 0.2) is 52.4 Å². The van der Waals surface area contributed by atoms with Gasteiger partial charge in [-0.05, 0) is 24.6 Å². The Hall–Kier alpha value is -3.15. The minimum atomic E-state index is -0.331. The summed E-state index contributed by atoms with van der Waals surface area (Å²) in [4.78, 5) is 23.6. The summed E-state index contributed by atoms with van der Waals surface area (Å²) in [5, 5.41) is 11.5. The Morgan fingerprint density at radius 1 is 1.12 bits per heavy atom. The van der Waals surface area contributed by atoms with E-state index in [-0.39, 0.29) is 17.9 Å². The number of aromatic amines is 2. The molecule has 2 aromatic carbocycles. The lowest BCUT2D eigenvalue weighted by atomic mass is 10.0. The van der Waals surface area contributed by atoms with Crippen molar-refractivity contribution in [3.05, 3.63) is 69.6 Å². The fourth-order valence-corrected chi connectivity index (χ4v) is 2.63. The number of amides is 1. The van der Waals surface area contributed by atoms with Crippen LogP contribution in [0.25, 0.3) is 10.8 Å². The molecule has 0 saturated heterocycles. The molecule has 0 spiro atoms. The summed E-state index contributed by atoms with van der Waals surface area (Å²) in [5.41, 5.74) is 4.99. The first-order valence-electron chi connectivity index (χ1n) is 7.63. The molecule has 0 radical (unpaired) electrons. The van der Waals surface area contributed by atoms with Crippen molar-refractivity contribution in [1.82, 2.24) is 15.6 Å². The van der Waals surface area contributed by atoms with Crippen LogP contribution in [-0.4, -0.2) is 21.8 Å². The maximum atomic E-state index is 12.0. The number of hydrazone groups is 1. The molecule has 0 unspecified atom stereocenters. The van der Waals surface area contributed by atoms with E-state index >= 15 is 0 Å². The molecule has 3 N–H and O–H groups in total. The summed E-state index contributed by atoms with van der Waals surface area (Å²) in [6.45, 7) is 3.58. The molecule has 6 nitrogen and oxygen atoms in total. The van der Waals surface area contributed by atoms with Gasteiger partial charge in [-0.1, -0.05) is 42.5 Å². The number of aryl methyl sites for hydroxylation is 1. The smallest absolute Gasteiger partial charge is 0.267 e. The van der Waals surface area contributed by atoms with Crippen LogP contribution in [0.1, 0.15) is 23.7 Å². The van der Waals surface area contributed by atoms with Gasteiger partial charge < -0.3 is 5.10 Å². The molecule has 1 heterocycles. The zero-order valence-corrected chi connectivity index (χ0v) is 13.5. The second-order valence-electron chi connectivity index (χ2n) is 5.62. The van der Waals surface area contributed by atoms with Crippen LogP contribution in [-0.2, 0) is 11.2 Å². The maximum absolute atomic E-state index is 12.0. The zero-order chi connectivity index (χ0) is 17.1. The van der Waals surface area contributed by atoms with Crippen LogP contribution in [0.4, 0.5) is 0 Å². The summed E-state index contributed by atoms with van der Waals surface area (Å²) >= 11 is 0. The Bertz CT molecular complexity index is 977. The third-order valence-corrected chi connectivity index (χ3v) is 3.96. The molecule has 0 bridgehead atoms. The highest BCUT2D eigenvalue weighted by molar-refractivity contribution is 6.09. The summed E-state index contributed by atoms with van der Waals surface area (Å²) < 4.78 is 0. The lowest BCUT2D eigenvalue weighted by molar-refractivity contribution is -0.120. The first-order chi connectivity index (χ1) is 11.6. The minimum Gasteiger partial charge on any atom is -0.302 e. The monoisotopic (exact) mass is 322 g/mol. The standard InChI is InChI=1S/C18H18N4O2/c1-11(14-9-5-7-13-6-3-4-8-15(13)14)19-21-17(23)10-16-12(2)20-22-18(16)24/h3-9H,10H2,1-2H3,(H,21,23)(H2,20,22,24)/b19-11-. The van der Waals surface area contributed by atoms with Gasteiger partial charge in [0.15, 0.2) is 0 Å². The number of nitrogens with zero attached hydrogens (tertiary/aromatic N) is 1. The number of hydrogen-bond donors (Lipinski definition) is 3. The summed E-state index contributed by atoms with van der Waals surface area (Å²) in [5.74, 6) is -0.331. The molecular formula is C18H18N4O2. The van der Waals surface area contributed by atoms with E-state index in [0.29, 0.717) is 17.0 Å². The van der Waals surface area contributed by atoms with Crippen LogP contribution in [0.3, 0.4) is 0 Å². The average molecular weight is 322 g/mol. The third-order valence-electron chi connectivity index (χ3n) is 3.96. The first kappa shape index (κ1) is 15.7. The Labute approximate surface area is 138 Å². The highest BCUT2D eigenvalue weighted by atomic mass is 16.2. The lowest BCUT2D eigenvalue weighted by Gasteiger charge is -2.06. The Morgan fingerprint density at radius 2 is 1.88 bits per heavy atom. The van der Waals surface area contributed by atoms with Crippen molar-refractivity contribution in [2.24, 2.45) is 5.10 Å². The molecule has 0 saturated carbocycles. The molecule has 24 heavy (non-hydrogen) atoms. The van der Waals surface area contributed by atoms with Crippen LogP contribution in [0.5, 0.6) is 0 Å². The summed E-state index contributed by atoms with van der Waals surface area (Å²) in [6, 6.07) is 14.0. The molecule has 6 heteroatoms. The first-order valence-corrected chi connectivity index (χ1v) is 7.63. The van der Waals surface area contributed by atoms with E-state index in [4.69, 9.17) is 0 Å². The van der Waals surface area contributed by atoms with Crippen LogP contribution < -0.4 is 11.0 Å². The predicted molar refractivity (Wildman–Crippen MR) is 94.2 cm³/mol. The zero-order valence-electron chi connectivity index (χ0n) is 13.5. The lowest BCUT2D eigenvalue weighted by Crippen LogP contribution is -2.24. The number of benzene rings is 2. The van der Waals surface area contributed by atoms with Crippen molar-refractivity contribution >= 4 is 22.4 Å². The van der Waals surface area contributed by atoms with Crippen molar-refractivity contribution in [3.63, 3.8) is 0 Å². The van der Waals surface area contributed by atoms with Gasteiger partial charge in [-0.3, -0.25) is 14.7 Å². The second kappa shape index (κ2) is 6.54. The van der Waals surface area contributed by atoms with Gasteiger partial charge in [0.05, 0.1) is 12.1 Å². The fraction of sp³-hybridized carbons (Fsp3) is 0.167. The minimum absolute atomic E-state index is 0.0169. The Morgan fingerprint density at radius 3 is 2.62 bits per heavy atom. The number of carbonyl (C=O) groups is 1. The molecule has 1 amide bonds. The molecule has 3 rings (SSSR count). The number of fused-ring (bicyclic) bond motifs is 1. The fourth-order valence-electron chi connectivity index (χ4n) is 2.63. The van der Waals surface area contributed by atoms with Crippen molar-refractivity contribution < 1.29 is 4.79 Å². The van der Waals surface area contributed by atoms with E-state index < -0.39 is 0 Å². The maximum Gasteiger partial charge on any atom is 0.267 e. The normalized spacial score (nSPS) is 11.7. The quantitative estimate of drug-likeness (QED) is 0.508. The van der Waals surface area contributed by atoms with Crippen LogP contribution in [0.2, 0.25) is 0 Å². The van der Waals surface area contributed by atoms with Crippen LogP contribution >= 0.6 is 0 Å². The van der Waals surface area contributed by atoms with Crippen LogP contribution in [0, 0.1) is 6.92 Å². The number of rotatable bonds is 4. The van der Waals surface area contributed by atoms with E-state index in [0.717, 1.165) is 16.3 Å². The summed E-state index contributed by atoms with van der Waals surface area (Å²) in [7, 11) is 0. The van der Waals surface area contributed by atoms with E-state index in [1.807, 2.05) is 49.4 Å². The van der Waals surface area contributed by atoms with Gasteiger partial charge >= 0.3 is 0 Å². The Kier molecular flexibility index (Phi) is 4.29. The number of H-pyrrole nitrogens is 2. The van der Waals surface area contributed by atoms with Gasteiger partial charge in [0.1, 0.15) is 0 Å². The highest BCUT2D eigenvalue weighted by Gasteiger charge is 2.11. The van der Waals surface area contributed by atoms with Gasteiger partial charge in [-0.15, -0.1) is 0 Å². The van der Waals surface area contributed by atoms with Crippen molar-refractivity contribution in [2.75, 3.05) is 0 Å². The topological polar surface area (TPSA) is 90.1 Å². The SMILES string of the molecule is C/C(=N/NC(=O)Cc1c(C)[nH][nH]c1=O)c1cccc2ccccc12. The molecule has 0 aliphatic rings. The van der Waals surface area contributed by atoms with Crippen molar-refractivity contribution in [1.29, 1.82) is 0 Å². The number of aromatic nitrogens is 2. The van der Waals surface area contributed by atoms with E-state index in [9.17, 15) is 9.59 Å². The molecule has 0 fully saturated rings. The van der Waals surface area contributed by atoms with E-state index in [1.54, 1.807) is 6.92 Å². The largest absolute Gasteiger partial charge is 0.302 e. The number of nitrogens with one attached hydrogen (secondary N) is 3. The van der Waals surface area contributed by atoms with E-state index in [1.165, 1.54) is 0 Å². The molecule has 122 valence electrons. The molecule has 0 aliphatic heterocycles. The third kappa shape index (κ3) is 3.12. The highest BCUT2D eigenvalue weighted by Crippen LogP contribution is 2.19. The van der Waals surface area contributed by atoms with Crippen molar-refractivity contribution in [3.8, 4) is 0 Å². The van der Waals surface area contributed by atoms with Gasteiger partial charge in [-0.25, -0.2) is 5.43 Å². The Balaban J connectivity index is 1.78. The molecule has 1 aromatic heterocycles. The van der Waals surface area contributed by atoms with Gasteiger partial charge in [0.25, 0.3) is 5.56 Å². The molecule has 0 atom stereocenters. The molecule has 0 aliphatic carbocycles. The molecular weight excluding hydrogens is 304 g/mol. The number of carbonyl (C=O) groups excluding carboxylic acids is 1. The van der Waals surface area contributed by atoms with Crippen molar-refractivity contribution in [2.45, 2.75) is 20.3 Å². The van der Waals surface area contributed by atoms with Gasteiger partial charge in [0.2, 0.25) is 5.91 Å².